The fourth-order valence-electron chi connectivity index (χ4n) is 1.96. The summed E-state index contributed by atoms with van der Waals surface area (Å²) in [5, 5.41) is 19.2. The molecule has 5 nitrogen and oxygen atoms in total. The van der Waals surface area contributed by atoms with E-state index in [-0.39, 0.29) is 6.42 Å². The van der Waals surface area contributed by atoms with Crippen LogP contribution in [0.2, 0.25) is 5.02 Å². The summed E-state index contributed by atoms with van der Waals surface area (Å²) < 4.78 is 1.77. The number of rotatable bonds is 4. The molecular weight excluding hydrogens is 256 g/mol. The fraction of sp³-hybridized carbons (Fsp3) is 0.333. The second-order valence-corrected chi connectivity index (χ2v) is 4.40. The fourth-order valence-corrected chi connectivity index (χ4v) is 2.12. The smallest absolute Gasteiger partial charge is 0.306 e. The molecule has 0 saturated heterocycles. The third kappa shape index (κ3) is 2.32. The lowest BCUT2D eigenvalue weighted by molar-refractivity contribution is -0.139. The summed E-state index contributed by atoms with van der Waals surface area (Å²) >= 11 is 5.92. The quantitative estimate of drug-likeness (QED) is 0.891. The van der Waals surface area contributed by atoms with Crippen molar-refractivity contribution in [2.24, 2.45) is 0 Å². The lowest BCUT2D eigenvalue weighted by Crippen LogP contribution is -2.11. The van der Waals surface area contributed by atoms with Crippen molar-refractivity contribution < 1.29 is 15.0 Å². The number of hydrogen-bond acceptors (Lipinski definition) is 3. The highest BCUT2D eigenvalue weighted by molar-refractivity contribution is 6.31. The number of hydrogen-bond donors (Lipinski definition) is 2. The lowest BCUT2D eigenvalue weighted by Gasteiger charge is -2.10. The first-order chi connectivity index (χ1) is 8.52. The van der Waals surface area contributed by atoms with Crippen LogP contribution >= 0.6 is 11.6 Å². The first-order valence-corrected chi connectivity index (χ1v) is 5.96. The van der Waals surface area contributed by atoms with E-state index in [4.69, 9.17) is 16.7 Å². The topological polar surface area (TPSA) is 75.4 Å². The van der Waals surface area contributed by atoms with Gasteiger partial charge in [0.1, 0.15) is 11.9 Å². The van der Waals surface area contributed by atoms with Gasteiger partial charge in [0.05, 0.1) is 17.5 Å². The van der Waals surface area contributed by atoms with Gasteiger partial charge in [0.2, 0.25) is 0 Å². The first-order valence-electron chi connectivity index (χ1n) is 5.58. The molecule has 0 bridgehead atoms. The maximum absolute atomic E-state index is 10.6. The maximum atomic E-state index is 10.6. The van der Waals surface area contributed by atoms with Gasteiger partial charge in [0.15, 0.2) is 0 Å². The third-order valence-electron chi connectivity index (χ3n) is 2.72. The Bertz CT molecular complexity index is 594. The molecule has 18 heavy (non-hydrogen) atoms. The van der Waals surface area contributed by atoms with Crippen LogP contribution < -0.4 is 0 Å². The van der Waals surface area contributed by atoms with Gasteiger partial charge >= 0.3 is 5.97 Å². The van der Waals surface area contributed by atoms with Crippen molar-refractivity contribution in [1.82, 2.24) is 9.55 Å². The van der Waals surface area contributed by atoms with Gasteiger partial charge in [-0.2, -0.15) is 0 Å². The Hall–Kier alpha value is -1.59. The summed E-state index contributed by atoms with van der Waals surface area (Å²) in [6, 6.07) is 5.22. The molecule has 0 unspecified atom stereocenters. The van der Waals surface area contributed by atoms with Crippen LogP contribution in [0.3, 0.4) is 0 Å². The molecule has 1 atom stereocenters. The maximum Gasteiger partial charge on any atom is 0.306 e. The van der Waals surface area contributed by atoms with Gasteiger partial charge in [0.25, 0.3) is 0 Å². The molecule has 0 aliphatic rings. The number of aromatic nitrogens is 2. The molecule has 0 radical (unpaired) electrons. The molecule has 2 N–H and O–H groups in total. The molecule has 1 heterocycles. The predicted octanol–water partition coefficient (Wildman–Crippen LogP) is 2.22. The summed E-state index contributed by atoms with van der Waals surface area (Å²) in [6.07, 6.45) is -1.48. The normalized spacial score (nSPS) is 12.8. The minimum absolute atomic E-state index is 0.358. The number of aliphatic hydroxyl groups is 1. The van der Waals surface area contributed by atoms with Crippen LogP contribution in [-0.4, -0.2) is 25.7 Å². The predicted molar refractivity (Wildman–Crippen MR) is 67.6 cm³/mol. The van der Waals surface area contributed by atoms with Crippen molar-refractivity contribution in [2.75, 3.05) is 0 Å². The van der Waals surface area contributed by atoms with E-state index in [2.05, 4.69) is 4.98 Å². The van der Waals surface area contributed by atoms with Crippen LogP contribution in [0.5, 0.6) is 0 Å². The number of fused-ring (bicyclic) bond motifs is 1. The highest BCUT2D eigenvalue weighted by Gasteiger charge is 2.20. The first kappa shape index (κ1) is 12.9. The van der Waals surface area contributed by atoms with Crippen LogP contribution in [-0.2, 0) is 11.3 Å². The molecule has 0 fully saturated rings. The van der Waals surface area contributed by atoms with Crippen LogP contribution in [0.15, 0.2) is 18.2 Å². The second-order valence-electron chi connectivity index (χ2n) is 3.96. The summed E-state index contributed by atoms with van der Waals surface area (Å²) in [4.78, 5) is 14.9. The highest BCUT2D eigenvalue weighted by Crippen LogP contribution is 2.25. The Morgan fingerprint density at radius 2 is 2.28 bits per heavy atom. The SMILES string of the molecule is CCn1c([C@@H](O)CC(=O)O)nc2ccc(Cl)cc21. The van der Waals surface area contributed by atoms with E-state index in [9.17, 15) is 9.90 Å². The van der Waals surface area contributed by atoms with E-state index >= 15 is 0 Å². The van der Waals surface area contributed by atoms with E-state index in [0.717, 1.165) is 5.52 Å². The minimum Gasteiger partial charge on any atom is -0.481 e. The third-order valence-corrected chi connectivity index (χ3v) is 2.96. The molecule has 2 aromatic rings. The molecule has 1 aromatic heterocycles. The highest BCUT2D eigenvalue weighted by atomic mass is 35.5. The number of benzene rings is 1. The molecule has 2 rings (SSSR count). The Labute approximate surface area is 109 Å². The van der Waals surface area contributed by atoms with Crippen LogP contribution in [0.4, 0.5) is 0 Å². The van der Waals surface area contributed by atoms with Crippen molar-refractivity contribution in [3.05, 3.63) is 29.0 Å². The number of carboxylic acid groups (broad SMARTS) is 1. The van der Waals surface area contributed by atoms with Crippen molar-refractivity contribution in [3.8, 4) is 0 Å². The van der Waals surface area contributed by atoms with Gasteiger partial charge in [-0.25, -0.2) is 4.98 Å². The van der Waals surface area contributed by atoms with Gasteiger partial charge in [-0.05, 0) is 25.1 Å². The molecule has 0 aliphatic heterocycles. The Morgan fingerprint density at radius 1 is 1.56 bits per heavy atom. The molecule has 6 heteroatoms. The van der Waals surface area contributed by atoms with Crippen molar-refractivity contribution in [1.29, 1.82) is 0 Å². The van der Waals surface area contributed by atoms with Crippen molar-refractivity contribution in [2.45, 2.75) is 26.0 Å². The number of carboxylic acids is 1. The van der Waals surface area contributed by atoms with Gasteiger partial charge < -0.3 is 14.8 Å². The lowest BCUT2D eigenvalue weighted by atomic mass is 10.2. The van der Waals surface area contributed by atoms with Crippen molar-refractivity contribution in [3.63, 3.8) is 0 Å². The Balaban J connectivity index is 2.53. The number of aliphatic carboxylic acids is 1. The Morgan fingerprint density at radius 3 is 2.89 bits per heavy atom. The van der Waals surface area contributed by atoms with Crippen LogP contribution in [0.1, 0.15) is 25.3 Å². The van der Waals surface area contributed by atoms with E-state index in [1.165, 1.54) is 0 Å². The number of aliphatic hydroxyl groups excluding tert-OH is 1. The number of nitrogens with zero attached hydrogens (tertiary/aromatic N) is 2. The zero-order valence-corrected chi connectivity index (χ0v) is 10.6. The largest absolute Gasteiger partial charge is 0.481 e. The molecule has 0 amide bonds. The van der Waals surface area contributed by atoms with Gasteiger partial charge in [-0.1, -0.05) is 11.6 Å². The van der Waals surface area contributed by atoms with Crippen molar-refractivity contribution >= 4 is 28.6 Å². The minimum atomic E-state index is -1.12. The average Bonchev–Trinajstić information content (AvgIpc) is 2.65. The second kappa shape index (κ2) is 4.96. The van der Waals surface area contributed by atoms with E-state index < -0.39 is 12.1 Å². The number of imidazole rings is 1. The van der Waals surface area contributed by atoms with Gasteiger partial charge in [-0.15, -0.1) is 0 Å². The summed E-state index contributed by atoms with van der Waals surface area (Å²) in [6.45, 7) is 2.49. The molecule has 96 valence electrons. The van der Waals surface area contributed by atoms with Crippen LogP contribution in [0, 0.1) is 0 Å². The zero-order chi connectivity index (χ0) is 13.3. The summed E-state index contributed by atoms with van der Waals surface area (Å²) in [5.74, 6) is -0.701. The van der Waals surface area contributed by atoms with Gasteiger partial charge in [-0.3, -0.25) is 4.79 Å². The molecular formula is C12H13ClN2O3. The monoisotopic (exact) mass is 268 g/mol. The Kier molecular flexibility index (Phi) is 3.54. The van der Waals surface area contributed by atoms with Gasteiger partial charge in [0, 0.05) is 11.6 Å². The molecule has 0 saturated carbocycles. The number of halogens is 1. The standard InChI is InChI=1S/C12H13ClN2O3/c1-2-15-9-5-7(13)3-4-8(9)14-12(15)10(16)6-11(17)18/h3-5,10,16H,2,6H2,1H3,(H,17,18)/t10-/m0/s1. The average molecular weight is 269 g/mol. The van der Waals surface area contributed by atoms with E-state index in [1.807, 2.05) is 6.92 Å². The summed E-state index contributed by atoms with van der Waals surface area (Å²) in [5.41, 5.74) is 1.49. The zero-order valence-electron chi connectivity index (χ0n) is 9.80. The number of carbonyl (C=O) groups is 1. The van der Waals surface area contributed by atoms with E-state index in [0.29, 0.717) is 22.9 Å². The molecule has 1 aromatic carbocycles. The summed E-state index contributed by atoms with van der Waals surface area (Å²) in [7, 11) is 0. The molecule has 0 spiro atoms. The van der Waals surface area contributed by atoms with Crippen LogP contribution in [0.25, 0.3) is 11.0 Å². The molecule has 0 aliphatic carbocycles. The van der Waals surface area contributed by atoms with E-state index in [1.54, 1.807) is 22.8 Å². The number of aryl methyl sites for hydroxylation is 1.